The molecule has 0 amide bonds. The Morgan fingerprint density at radius 2 is 1.00 bits per heavy atom. The van der Waals surface area contributed by atoms with Crippen LogP contribution in [0, 0.1) is 0 Å². The largest absolute Gasteiger partial charge is 3.00 e. The summed E-state index contributed by atoms with van der Waals surface area (Å²) >= 11 is 0. The summed E-state index contributed by atoms with van der Waals surface area (Å²) in [6.45, 7) is 0. The van der Waals surface area contributed by atoms with Crippen molar-refractivity contribution >= 4 is 27.1 Å². The third-order valence-corrected chi connectivity index (χ3v) is 0. The monoisotopic (exact) mass is 217 g/mol. The van der Waals surface area contributed by atoms with Crippen molar-refractivity contribution in [2.45, 2.75) is 0 Å². The van der Waals surface area contributed by atoms with E-state index in [0.29, 0.717) is 0 Å². The number of rotatable bonds is 0. The molecule has 0 atom stereocenters. The van der Waals surface area contributed by atoms with E-state index >= 15 is 0 Å². The molecule has 0 rings (SSSR count). The first-order valence-electron chi connectivity index (χ1n) is 0.707. The molecule has 0 radical (unpaired) electrons. The normalized spacial score (nSPS) is 4.50. The molecule has 24 valence electrons. The van der Waals surface area contributed by atoms with Gasteiger partial charge in [-0.3, -0.25) is 7.32 Å². The molecule has 0 aliphatic rings. The second-order valence-electron chi connectivity index (χ2n) is 0.289. The zero-order chi connectivity index (χ0) is 3.58. The maximum absolute atomic E-state index is 8.42. The molecular weight excluding hydrogens is 217 g/mol. The topological polar surface area (TPSA) is 69.2 Å². The summed E-state index contributed by atoms with van der Waals surface area (Å²) < 4.78 is 0. The van der Waals surface area contributed by atoms with Gasteiger partial charge in [0.25, 0.3) is 0 Å². The van der Waals surface area contributed by atoms with Gasteiger partial charge in [-0.15, -0.1) is 0 Å². The molecule has 0 spiro atoms. The van der Waals surface area contributed by atoms with Gasteiger partial charge in [-0.1, -0.05) is 0 Å². The van der Waals surface area contributed by atoms with Gasteiger partial charge in [0.1, 0.15) is 0 Å². The summed E-state index contributed by atoms with van der Waals surface area (Å²) in [5.74, 6) is 0. The minimum Gasteiger partial charge on any atom is -0.907 e. The van der Waals surface area contributed by atoms with E-state index in [1.54, 1.807) is 0 Å². The molecule has 0 bridgehead atoms. The molecule has 0 aromatic rings. The maximum Gasteiger partial charge on any atom is 3.00 e. The molecule has 0 heterocycles. The second kappa shape index (κ2) is 9.84. The van der Waals surface area contributed by atoms with Crippen molar-refractivity contribution in [3.8, 4) is 0 Å². The van der Waals surface area contributed by atoms with E-state index in [1.807, 2.05) is 0 Å². The van der Waals surface area contributed by atoms with Gasteiger partial charge in [-0.05, 0) is 0 Å². The summed E-state index contributed by atoms with van der Waals surface area (Å²) in [4.78, 5) is 0. The number of hydrogen-bond donors (Lipinski definition) is 0. The third kappa shape index (κ3) is 43.9. The first-order valence-corrected chi connectivity index (χ1v) is 0.707. The fourth-order valence-electron chi connectivity index (χ4n) is 0. The van der Waals surface area contributed by atoms with Crippen molar-refractivity contribution in [2.24, 2.45) is 0 Å². The van der Waals surface area contributed by atoms with E-state index in [-0.39, 0.29) is 52.5 Å². The van der Waals surface area contributed by atoms with Crippen molar-refractivity contribution < 1.29 is 47.8 Å². The summed E-state index contributed by atoms with van der Waals surface area (Å²) in [5, 5.41) is 25.2. The molecule has 0 saturated carbocycles. The first kappa shape index (κ1) is 15.6. The SMILES string of the molecule is [Ga+3].[O-]B([O-])[O-].[Y+3]. The van der Waals surface area contributed by atoms with Crippen LogP contribution in [0.15, 0.2) is 0 Å². The summed E-state index contributed by atoms with van der Waals surface area (Å²) in [7, 11) is -2.92. The van der Waals surface area contributed by atoms with Crippen LogP contribution in [-0.4, -0.2) is 27.1 Å². The zero-order valence-corrected chi connectivity index (χ0v) is 8.22. The van der Waals surface area contributed by atoms with Crippen LogP contribution in [0.2, 0.25) is 0 Å². The minimum atomic E-state index is -2.92. The van der Waals surface area contributed by atoms with Crippen LogP contribution in [0.25, 0.3) is 0 Å². The Morgan fingerprint density at radius 1 is 1.00 bits per heavy atom. The van der Waals surface area contributed by atoms with E-state index in [2.05, 4.69) is 0 Å². The summed E-state index contributed by atoms with van der Waals surface area (Å²) in [5.41, 5.74) is 0. The van der Waals surface area contributed by atoms with Crippen LogP contribution in [-0.2, 0) is 32.7 Å². The van der Waals surface area contributed by atoms with Gasteiger partial charge in [-0.25, -0.2) is 0 Å². The van der Waals surface area contributed by atoms with Gasteiger partial charge in [0.15, 0.2) is 0 Å². The molecule has 0 unspecified atom stereocenters. The van der Waals surface area contributed by atoms with E-state index in [0.717, 1.165) is 0 Å². The van der Waals surface area contributed by atoms with Crippen molar-refractivity contribution in [2.75, 3.05) is 0 Å². The average Bonchev–Trinajstić information content (AvgIpc) is 0.811. The summed E-state index contributed by atoms with van der Waals surface area (Å²) in [6, 6.07) is 0. The van der Waals surface area contributed by atoms with Crippen LogP contribution in [0.4, 0.5) is 0 Å². The maximum atomic E-state index is 8.42. The Bertz CT molecular complexity index is 15.5. The Kier molecular flexibility index (Phi) is 25.7. The molecular formula is BGaO3Y+3. The van der Waals surface area contributed by atoms with Gasteiger partial charge < -0.3 is 15.1 Å². The van der Waals surface area contributed by atoms with Crippen molar-refractivity contribution in [1.82, 2.24) is 0 Å². The van der Waals surface area contributed by atoms with Crippen LogP contribution in [0.1, 0.15) is 0 Å². The molecule has 0 aromatic carbocycles. The third-order valence-electron chi connectivity index (χ3n) is 0. The Morgan fingerprint density at radius 3 is 1.00 bits per heavy atom. The second-order valence-corrected chi connectivity index (χ2v) is 0.289. The van der Waals surface area contributed by atoms with Gasteiger partial charge in [0.2, 0.25) is 0 Å². The number of hydrogen-bond acceptors (Lipinski definition) is 3. The molecule has 6 heteroatoms. The van der Waals surface area contributed by atoms with Crippen LogP contribution >= 0.6 is 0 Å². The fraction of sp³-hybridized carbons (Fsp3) is 0. The van der Waals surface area contributed by atoms with Gasteiger partial charge in [0, 0.05) is 0 Å². The molecule has 0 fully saturated rings. The van der Waals surface area contributed by atoms with Crippen LogP contribution in [0.5, 0.6) is 0 Å². The van der Waals surface area contributed by atoms with E-state index in [1.165, 1.54) is 0 Å². The molecule has 0 N–H and O–H groups in total. The van der Waals surface area contributed by atoms with Crippen molar-refractivity contribution in [1.29, 1.82) is 0 Å². The summed E-state index contributed by atoms with van der Waals surface area (Å²) in [6.07, 6.45) is 0. The van der Waals surface area contributed by atoms with Crippen LogP contribution in [0.3, 0.4) is 0 Å². The molecule has 3 nitrogen and oxygen atoms in total. The van der Waals surface area contributed by atoms with E-state index in [9.17, 15) is 0 Å². The quantitative estimate of drug-likeness (QED) is 0.385. The molecule has 0 aromatic heterocycles. The fourth-order valence-corrected chi connectivity index (χ4v) is 0. The zero-order valence-electron chi connectivity index (χ0n) is 2.96. The molecule has 6 heavy (non-hydrogen) atoms. The molecule has 0 aliphatic heterocycles. The Hall–Kier alpha value is 1.69. The molecule has 0 aliphatic carbocycles. The van der Waals surface area contributed by atoms with E-state index < -0.39 is 7.32 Å². The smallest absolute Gasteiger partial charge is 0.907 e. The predicted octanol–water partition coefficient (Wildman–Crippen LogP) is -4.33. The van der Waals surface area contributed by atoms with Gasteiger partial charge in [-0.2, -0.15) is 0 Å². The minimum absolute atomic E-state index is 0. The Balaban J connectivity index is -0.0000000450. The van der Waals surface area contributed by atoms with Gasteiger partial charge in [0.05, 0.1) is 0 Å². The first-order chi connectivity index (χ1) is 1.73. The van der Waals surface area contributed by atoms with E-state index in [4.69, 9.17) is 15.1 Å². The predicted molar refractivity (Wildman–Crippen MR) is 11.5 cm³/mol. The van der Waals surface area contributed by atoms with Gasteiger partial charge >= 0.3 is 52.5 Å². The average molecular weight is 217 g/mol. The standard InChI is InChI=1S/BO3.Ga.Y/c2-1(3)4;;/q-3;2*+3. The van der Waals surface area contributed by atoms with Crippen LogP contribution < -0.4 is 15.1 Å². The molecule has 0 saturated heterocycles. The van der Waals surface area contributed by atoms with Crippen molar-refractivity contribution in [3.05, 3.63) is 0 Å². The Labute approximate surface area is 74.2 Å². The van der Waals surface area contributed by atoms with Crippen molar-refractivity contribution in [3.63, 3.8) is 0 Å².